The fourth-order valence-electron chi connectivity index (χ4n) is 2.77. The van der Waals surface area contributed by atoms with Crippen molar-refractivity contribution in [2.75, 3.05) is 6.61 Å². The average Bonchev–Trinajstić information content (AvgIpc) is 2.36. The van der Waals surface area contributed by atoms with Crippen molar-refractivity contribution in [2.24, 2.45) is 0 Å². The van der Waals surface area contributed by atoms with E-state index in [4.69, 9.17) is 4.74 Å². The van der Waals surface area contributed by atoms with Crippen molar-refractivity contribution in [3.8, 4) is 0 Å². The second kappa shape index (κ2) is 6.32. The van der Waals surface area contributed by atoms with Crippen LogP contribution in [0.15, 0.2) is 30.3 Å². The van der Waals surface area contributed by atoms with E-state index in [2.05, 4.69) is 31.3 Å². The Morgan fingerprint density at radius 1 is 1.22 bits per heavy atom. The lowest BCUT2D eigenvalue weighted by Gasteiger charge is -2.34. The Morgan fingerprint density at radius 3 is 2.39 bits per heavy atom. The highest BCUT2D eigenvalue weighted by molar-refractivity contribution is 5.19. The van der Waals surface area contributed by atoms with Crippen LogP contribution in [0.2, 0.25) is 0 Å². The van der Waals surface area contributed by atoms with Gasteiger partial charge in [-0.25, -0.2) is 0 Å². The molecule has 0 aromatic heterocycles. The largest absolute Gasteiger partial charge is 0.394 e. The first-order valence-electron chi connectivity index (χ1n) is 6.76. The van der Waals surface area contributed by atoms with Crippen LogP contribution >= 0.6 is 0 Å². The molecule has 0 radical (unpaired) electrons. The summed E-state index contributed by atoms with van der Waals surface area (Å²) in [4.78, 5) is 0. The molecule has 1 saturated heterocycles. The topological polar surface area (TPSA) is 41.5 Å². The molecule has 0 aliphatic carbocycles. The third kappa shape index (κ3) is 3.55. The predicted octanol–water partition coefficient (Wildman–Crippen LogP) is 2.27. The van der Waals surface area contributed by atoms with Crippen LogP contribution in [0.25, 0.3) is 0 Å². The van der Waals surface area contributed by atoms with Crippen molar-refractivity contribution < 1.29 is 9.84 Å². The lowest BCUT2D eigenvalue weighted by molar-refractivity contribution is -0.0445. The Labute approximate surface area is 109 Å². The number of rotatable bonds is 4. The van der Waals surface area contributed by atoms with Crippen LogP contribution in [0, 0.1) is 0 Å². The average molecular weight is 249 g/mol. The highest BCUT2D eigenvalue weighted by Gasteiger charge is 2.26. The normalized spacial score (nSPS) is 30.1. The summed E-state index contributed by atoms with van der Waals surface area (Å²) in [7, 11) is 0. The minimum absolute atomic E-state index is 0.0219. The van der Waals surface area contributed by atoms with Crippen molar-refractivity contribution in [3.05, 3.63) is 35.9 Å². The summed E-state index contributed by atoms with van der Waals surface area (Å²) < 4.78 is 5.73. The van der Waals surface area contributed by atoms with Crippen LogP contribution in [0.3, 0.4) is 0 Å². The van der Waals surface area contributed by atoms with Gasteiger partial charge < -0.3 is 15.2 Å². The van der Waals surface area contributed by atoms with Gasteiger partial charge in [0.25, 0.3) is 0 Å². The quantitative estimate of drug-likeness (QED) is 0.860. The SMILES string of the molecule is CC1CC(N[C@H](CO)c2ccccc2)CC(C)O1. The molecule has 3 heteroatoms. The molecule has 0 spiro atoms. The lowest BCUT2D eigenvalue weighted by Crippen LogP contribution is -2.43. The summed E-state index contributed by atoms with van der Waals surface area (Å²) in [5.74, 6) is 0. The molecule has 1 aliphatic rings. The summed E-state index contributed by atoms with van der Waals surface area (Å²) >= 11 is 0. The maximum absolute atomic E-state index is 9.55. The first-order valence-corrected chi connectivity index (χ1v) is 6.76. The van der Waals surface area contributed by atoms with Gasteiger partial charge in [-0.3, -0.25) is 0 Å². The van der Waals surface area contributed by atoms with Crippen LogP contribution in [-0.4, -0.2) is 30.0 Å². The molecule has 0 amide bonds. The molecular formula is C15H23NO2. The Morgan fingerprint density at radius 2 is 1.83 bits per heavy atom. The zero-order valence-corrected chi connectivity index (χ0v) is 11.2. The van der Waals surface area contributed by atoms with Gasteiger partial charge in [-0.1, -0.05) is 30.3 Å². The van der Waals surface area contributed by atoms with E-state index in [1.165, 1.54) is 0 Å². The van der Waals surface area contributed by atoms with Crippen molar-refractivity contribution >= 4 is 0 Å². The molecule has 100 valence electrons. The molecule has 1 aliphatic heterocycles. The molecule has 3 atom stereocenters. The molecule has 18 heavy (non-hydrogen) atoms. The molecule has 1 fully saturated rings. The number of hydrogen-bond donors (Lipinski definition) is 2. The first-order chi connectivity index (χ1) is 8.69. The number of hydrogen-bond acceptors (Lipinski definition) is 3. The van der Waals surface area contributed by atoms with Crippen molar-refractivity contribution in [2.45, 2.75) is 51.0 Å². The summed E-state index contributed by atoms with van der Waals surface area (Å²) in [6.45, 7) is 4.35. The minimum atomic E-state index is 0.0219. The molecule has 2 rings (SSSR count). The Bertz CT molecular complexity index is 345. The van der Waals surface area contributed by atoms with Gasteiger partial charge in [0.05, 0.1) is 24.9 Å². The lowest BCUT2D eigenvalue weighted by atomic mass is 9.97. The van der Waals surface area contributed by atoms with Crippen LogP contribution in [0.1, 0.15) is 38.3 Å². The van der Waals surface area contributed by atoms with Crippen molar-refractivity contribution in [3.63, 3.8) is 0 Å². The van der Waals surface area contributed by atoms with E-state index in [1.807, 2.05) is 18.2 Å². The summed E-state index contributed by atoms with van der Waals surface area (Å²) in [6.07, 6.45) is 2.60. The van der Waals surface area contributed by atoms with Crippen molar-refractivity contribution in [1.82, 2.24) is 5.32 Å². The smallest absolute Gasteiger partial charge is 0.0626 e. The number of ether oxygens (including phenoxy) is 1. The van der Waals surface area contributed by atoms with E-state index in [9.17, 15) is 5.11 Å². The summed E-state index contributed by atoms with van der Waals surface area (Å²) in [6, 6.07) is 10.6. The van der Waals surface area contributed by atoms with E-state index in [1.54, 1.807) is 0 Å². The molecule has 2 N–H and O–H groups in total. The van der Waals surface area contributed by atoms with Gasteiger partial charge in [0.2, 0.25) is 0 Å². The third-order valence-corrected chi connectivity index (χ3v) is 3.52. The van der Waals surface area contributed by atoms with Crippen molar-refractivity contribution in [1.29, 1.82) is 0 Å². The maximum Gasteiger partial charge on any atom is 0.0626 e. The first kappa shape index (κ1) is 13.5. The van der Waals surface area contributed by atoms with Gasteiger partial charge in [-0.2, -0.15) is 0 Å². The zero-order valence-electron chi connectivity index (χ0n) is 11.2. The monoisotopic (exact) mass is 249 g/mol. The van der Waals surface area contributed by atoms with Gasteiger partial charge in [-0.05, 0) is 32.3 Å². The third-order valence-electron chi connectivity index (χ3n) is 3.52. The summed E-state index contributed by atoms with van der Waals surface area (Å²) in [5, 5.41) is 13.1. The minimum Gasteiger partial charge on any atom is -0.394 e. The summed E-state index contributed by atoms with van der Waals surface area (Å²) in [5.41, 5.74) is 1.15. The van der Waals surface area contributed by atoms with Gasteiger partial charge in [-0.15, -0.1) is 0 Å². The molecule has 2 unspecified atom stereocenters. The molecule has 0 bridgehead atoms. The number of aliphatic hydroxyl groups excluding tert-OH is 1. The zero-order chi connectivity index (χ0) is 13.0. The molecule has 1 heterocycles. The second-order valence-corrected chi connectivity index (χ2v) is 5.24. The Hall–Kier alpha value is -0.900. The van der Waals surface area contributed by atoms with E-state index < -0.39 is 0 Å². The maximum atomic E-state index is 9.55. The fraction of sp³-hybridized carbons (Fsp3) is 0.600. The van der Waals surface area contributed by atoms with E-state index >= 15 is 0 Å². The fourth-order valence-corrected chi connectivity index (χ4v) is 2.77. The van der Waals surface area contributed by atoms with E-state index in [0.29, 0.717) is 18.2 Å². The van der Waals surface area contributed by atoms with Crippen LogP contribution < -0.4 is 5.32 Å². The van der Waals surface area contributed by atoms with Gasteiger partial charge in [0, 0.05) is 6.04 Å². The second-order valence-electron chi connectivity index (χ2n) is 5.24. The van der Waals surface area contributed by atoms with Crippen LogP contribution in [0.4, 0.5) is 0 Å². The number of benzene rings is 1. The predicted molar refractivity (Wildman–Crippen MR) is 72.4 cm³/mol. The molecule has 1 aromatic rings. The van der Waals surface area contributed by atoms with Gasteiger partial charge in [0.1, 0.15) is 0 Å². The van der Waals surface area contributed by atoms with Crippen LogP contribution in [-0.2, 0) is 4.74 Å². The van der Waals surface area contributed by atoms with Gasteiger partial charge in [0.15, 0.2) is 0 Å². The number of aliphatic hydroxyl groups is 1. The highest BCUT2D eigenvalue weighted by atomic mass is 16.5. The van der Waals surface area contributed by atoms with Gasteiger partial charge >= 0.3 is 0 Å². The van der Waals surface area contributed by atoms with Crippen LogP contribution in [0.5, 0.6) is 0 Å². The highest BCUT2D eigenvalue weighted by Crippen LogP contribution is 2.22. The Balaban J connectivity index is 1.98. The standard InChI is InChI=1S/C15H23NO2/c1-11-8-14(9-12(2)18-11)16-15(10-17)13-6-4-3-5-7-13/h3-7,11-12,14-17H,8-10H2,1-2H3/t11?,12?,14?,15-/m1/s1. The van der Waals surface area contributed by atoms with E-state index in [0.717, 1.165) is 18.4 Å². The molecular weight excluding hydrogens is 226 g/mol. The molecule has 3 nitrogen and oxygen atoms in total. The molecule has 1 aromatic carbocycles. The number of nitrogens with one attached hydrogen (secondary N) is 1. The molecule has 0 saturated carbocycles. The van der Waals surface area contributed by atoms with E-state index in [-0.39, 0.29) is 12.6 Å². The Kier molecular flexibility index (Phi) is 4.75.